The minimum absolute atomic E-state index is 0.227. The molecule has 2 aliphatic heterocycles. The molecular formula is C67H117NO13. The molecule has 12 unspecified atom stereocenters. The molecule has 0 spiro atoms. The molecule has 0 radical (unpaired) electrons. The molecule has 2 heterocycles. The van der Waals surface area contributed by atoms with Crippen LogP contribution in [0.2, 0.25) is 0 Å². The maximum atomic E-state index is 13.3. The fourth-order valence-corrected chi connectivity index (χ4v) is 10.2. The van der Waals surface area contributed by atoms with Crippen molar-refractivity contribution < 1.29 is 64.6 Å². The Labute approximate surface area is 491 Å². The van der Waals surface area contributed by atoms with Crippen LogP contribution in [0.3, 0.4) is 0 Å². The Morgan fingerprint density at radius 3 is 1.31 bits per heavy atom. The second-order valence-electron chi connectivity index (χ2n) is 22.5. The fourth-order valence-electron chi connectivity index (χ4n) is 10.2. The zero-order chi connectivity index (χ0) is 58.8. The molecule has 81 heavy (non-hydrogen) atoms. The topological polar surface area (TPSA) is 228 Å². The van der Waals surface area contributed by atoms with E-state index in [4.69, 9.17) is 18.9 Å². The standard InChI is InChI=1S/C67H117NO13/c1-3-5-7-9-11-13-15-17-19-21-23-25-26-27-28-29-30-31-33-35-37-39-41-43-45-47-49-51-59(72)68-55(56(71)50-48-46-44-42-40-38-36-34-32-24-22-20-18-16-14-12-10-8-6-4-2)54-78-66-64(77)62(75)65(58(53-70)80-66)81-67-63(76)61(74)60(73)57(52-69)79-67/h5,7,11,13,17,19,23,25,27-28,30-31,35,37,55-58,60-67,69-71,73-77H,3-4,6,8-10,12,14-16,18,20-22,24,26,29,32-34,36,38-54H2,1-2H3,(H,68,72)/b7-5-,13-11-,19-17-,25-23-,28-27-,31-30-,37-35-. The number of allylic oxidation sites excluding steroid dienone is 14. The van der Waals surface area contributed by atoms with E-state index in [0.29, 0.717) is 12.8 Å². The third kappa shape index (κ3) is 36.6. The van der Waals surface area contributed by atoms with Crippen molar-refractivity contribution in [3.05, 3.63) is 85.1 Å². The quantitative estimate of drug-likeness (QED) is 0.0204. The maximum absolute atomic E-state index is 13.3. The first-order valence-corrected chi connectivity index (χ1v) is 32.3. The average molecular weight is 1140 g/mol. The minimum Gasteiger partial charge on any atom is -0.394 e. The van der Waals surface area contributed by atoms with Crippen LogP contribution in [0.15, 0.2) is 85.1 Å². The average Bonchev–Trinajstić information content (AvgIpc) is 3.62. The molecule has 14 nitrogen and oxygen atoms in total. The Kier molecular flexibility index (Phi) is 47.3. The second-order valence-corrected chi connectivity index (χ2v) is 22.5. The SMILES string of the molecule is CC/C=C\C/C=C\C/C=C\C/C=C\C/C=C\C/C=C\C/C=C\CCCCCCCC(=O)NC(COC1OC(CO)C(OC2OC(CO)C(O)C(O)C2O)C(O)C1O)C(O)CCCCCCCCCCCCCCCCCCCCCC. The second kappa shape index (κ2) is 51.6. The van der Waals surface area contributed by atoms with Crippen LogP contribution < -0.4 is 5.32 Å². The molecule has 0 aromatic heterocycles. The van der Waals surface area contributed by atoms with Crippen molar-refractivity contribution in [3.63, 3.8) is 0 Å². The smallest absolute Gasteiger partial charge is 0.220 e. The van der Waals surface area contributed by atoms with Crippen molar-refractivity contribution in [1.82, 2.24) is 5.32 Å². The van der Waals surface area contributed by atoms with Gasteiger partial charge >= 0.3 is 0 Å². The number of aliphatic hydroxyl groups excluding tert-OH is 8. The molecule has 2 rings (SSSR count). The van der Waals surface area contributed by atoms with Gasteiger partial charge in [0.1, 0.15) is 48.8 Å². The molecule has 12 atom stereocenters. The van der Waals surface area contributed by atoms with Crippen LogP contribution in [0.25, 0.3) is 0 Å². The molecule has 14 heteroatoms. The van der Waals surface area contributed by atoms with Crippen molar-refractivity contribution in [3.8, 4) is 0 Å². The Hall–Kier alpha value is -2.83. The number of hydrogen-bond donors (Lipinski definition) is 9. The first kappa shape index (κ1) is 74.3. The highest BCUT2D eigenvalue weighted by Crippen LogP contribution is 2.30. The van der Waals surface area contributed by atoms with Crippen LogP contribution in [0, 0.1) is 0 Å². The molecule has 2 fully saturated rings. The number of nitrogens with one attached hydrogen (secondary N) is 1. The highest BCUT2D eigenvalue weighted by atomic mass is 16.7. The number of unbranched alkanes of at least 4 members (excludes halogenated alkanes) is 24. The number of carbonyl (C=O) groups is 1. The van der Waals surface area contributed by atoms with Gasteiger partial charge < -0.3 is 65.1 Å². The largest absolute Gasteiger partial charge is 0.394 e. The van der Waals surface area contributed by atoms with Crippen LogP contribution in [0.1, 0.15) is 239 Å². The van der Waals surface area contributed by atoms with Gasteiger partial charge in [-0.05, 0) is 70.6 Å². The minimum atomic E-state index is -1.79. The van der Waals surface area contributed by atoms with Crippen LogP contribution in [0.5, 0.6) is 0 Å². The first-order chi connectivity index (χ1) is 39.6. The van der Waals surface area contributed by atoms with E-state index in [1.807, 2.05) is 0 Å². The first-order valence-electron chi connectivity index (χ1n) is 32.3. The summed E-state index contributed by atoms with van der Waals surface area (Å²) in [5, 5.41) is 87.4. The van der Waals surface area contributed by atoms with E-state index < -0.39 is 86.8 Å². The monoisotopic (exact) mass is 1140 g/mol. The zero-order valence-corrected chi connectivity index (χ0v) is 50.5. The van der Waals surface area contributed by atoms with E-state index >= 15 is 0 Å². The predicted octanol–water partition coefficient (Wildman–Crippen LogP) is 12.1. The summed E-state index contributed by atoms with van der Waals surface area (Å²) < 4.78 is 22.9. The summed E-state index contributed by atoms with van der Waals surface area (Å²) in [7, 11) is 0. The van der Waals surface area contributed by atoms with E-state index in [2.05, 4.69) is 104 Å². The van der Waals surface area contributed by atoms with Gasteiger partial charge in [0.15, 0.2) is 12.6 Å². The zero-order valence-electron chi connectivity index (χ0n) is 50.5. The number of hydrogen-bond acceptors (Lipinski definition) is 13. The van der Waals surface area contributed by atoms with E-state index in [-0.39, 0.29) is 18.9 Å². The molecule has 0 bridgehead atoms. The lowest BCUT2D eigenvalue weighted by atomic mass is 9.97. The normalized spacial score (nSPS) is 24.7. The van der Waals surface area contributed by atoms with E-state index in [1.54, 1.807) is 0 Å². The molecule has 0 aromatic rings. The van der Waals surface area contributed by atoms with Crippen LogP contribution in [-0.4, -0.2) is 140 Å². The molecule has 0 aliphatic carbocycles. The number of carbonyl (C=O) groups excluding carboxylic acids is 1. The van der Waals surface area contributed by atoms with E-state index in [1.165, 1.54) is 103 Å². The Morgan fingerprint density at radius 2 is 0.852 bits per heavy atom. The summed E-state index contributed by atoms with van der Waals surface area (Å²) in [4.78, 5) is 13.3. The number of aliphatic hydroxyl groups is 8. The van der Waals surface area contributed by atoms with Crippen molar-refractivity contribution in [2.75, 3.05) is 19.8 Å². The molecule has 468 valence electrons. The van der Waals surface area contributed by atoms with Crippen molar-refractivity contribution in [1.29, 1.82) is 0 Å². The molecule has 0 saturated carbocycles. The summed E-state index contributed by atoms with van der Waals surface area (Å²) >= 11 is 0. The molecule has 0 aromatic carbocycles. The van der Waals surface area contributed by atoms with Gasteiger partial charge in [0, 0.05) is 6.42 Å². The van der Waals surface area contributed by atoms with Crippen LogP contribution in [0.4, 0.5) is 0 Å². The summed E-state index contributed by atoms with van der Waals surface area (Å²) in [6, 6.07) is -0.846. The van der Waals surface area contributed by atoms with Gasteiger partial charge in [0.25, 0.3) is 0 Å². The number of rotatable bonds is 51. The van der Waals surface area contributed by atoms with Crippen molar-refractivity contribution in [2.24, 2.45) is 0 Å². The van der Waals surface area contributed by atoms with Gasteiger partial charge in [-0.15, -0.1) is 0 Å². The van der Waals surface area contributed by atoms with Crippen LogP contribution in [-0.2, 0) is 23.7 Å². The lowest BCUT2D eigenvalue weighted by molar-refractivity contribution is -0.359. The van der Waals surface area contributed by atoms with Gasteiger partial charge in [-0.25, -0.2) is 0 Å². The molecule has 9 N–H and O–H groups in total. The van der Waals surface area contributed by atoms with E-state index in [9.17, 15) is 45.6 Å². The summed E-state index contributed by atoms with van der Waals surface area (Å²) in [5.41, 5.74) is 0. The lowest BCUT2D eigenvalue weighted by Crippen LogP contribution is -2.65. The highest BCUT2D eigenvalue weighted by molar-refractivity contribution is 5.76. The summed E-state index contributed by atoms with van der Waals surface area (Å²) in [6.45, 7) is 2.75. The van der Waals surface area contributed by atoms with Crippen molar-refractivity contribution in [2.45, 2.75) is 312 Å². The molecule has 1 amide bonds. The Bertz CT molecular complexity index is 1680. The van der Waals surface area contributed by atoms with Gasteiger partial charge in [0.2, 0.25) is 5.91 Å². The van der Waals surface area contributed by atoms with Crippen LogP contribution >= 0.6 is 0 Å². The predicted molar refractivity (Wildman–Crippen MR) is 327 cm³/mol. The number of amides is 1. The highest BCUT2D eigenvalue weighted by Gasteiger charge is 2.51. The third-order valence-corrected chi connectivity index (χ3v) is 15.4. The summed E-state index contributed by atoms with van der Waals surface area (Å²) in [6.07, 6.45) is 52.9. The van der Waals surface area contributed by atoms with Gasteiger partial charge in [0.05, 0.1) is 32.0 Å². The molecule has 2 aliphatic rings. The maximum Gasteiger partial charge on any atom is 0.220 e. The van der Waals surface area contributed by atoms with E-state index in [0.717, 1.165) is 103 Å². The Balaban J connectivity index is 1.73. The molecule has 2 saturated heterocycles. The van der Waals surface area contributed by atoms with Gasteiger partial charge in [-0.3, -0.25) is 4.79 Å². The Morgan fingerprint density at radius 1 is 0.457 bits per heavy atom. The van der Waals surface area contributed by atoms with Crippen molar-refractivity contribution >= 4 is 5.91 Å². The summed E-state index contributed by atoms with van der Waals surface area (Å²) in [5.74, 6) is -0.227. The lowest BCUT2D eigenvalue weighted by Gasteiger charge is -2.46. The third-order valence-electron chi connectivity index (χ3n) is 15.4. The van der Waals surface area contributed by atoms with Gasteiger partial charge in [-0.1, -0.05) is 247 Å². The van der Waals surface area contributed by atoms with Gasteiger partial charge in [-0.2, -0.15) is 0 Å². The number of ether oxygens (including phenoxy) is 4. The molecular weight excluding hydrogens is 1030 g/mol. The fraction of sp³-hybridized carbons (Fsp3) is 0.776.